The van der Waals surface area contributed by atoms with E-state index in [-0.39, 0.29) is 5.91 Å². The van der Waals surface area contributed by atoms with Crippen molar-refractivity contribution in [3.8, 4) is 0 Å². The second kappa shape index (κ2) is 9.19. The van der Waals surface area contributed by atoms with Crippen molar-refractivity contribution < 1.29 is 4.79 Å². The monoisotopic (exact) mass is 340 g/mol. The van der Waals surface area contributed by atoms with Gasteiger partial charge in [-0.1, -0.05) is 35.7 Å². The summed E-state index contributed by atoms with van der Waals surface area (Å²) in [5, 5.41) is 3.91. The van der Waals surface area contributed by atoms with Crippen LogP contribution in [-0.2, 0) is 4.79 Å². The summed E-state index contributed by atoms with van der Waals surface area (Å²) in [7, 11) is 0. The number of hydrogen-bond acceptors (Lipinski definition) is 2. The number of hydrogen-bond donors (Lipinski definition) is 1. The Hall–Kier alpha value is -1.03. The molecule has 1 aliphatic heterocycles. The van der Waals surface area contributed by atoms with E-state index in [9.17, 15) is 4.79 Å². The molecule has 0 aromatic heterocycles. The van der Waals surface area contributed by atoms with Crippen LogP contribution in [0.4, 0.5) is 0 Å². The molecule has 1 heterocycles. The average Bonchev–Trinajstić information content (AvgIpc) is 2.54. The number of halogens is 2. The van der Waals surface area contributed by atoms with E-state index in [0.29, 0.717) is 16.6 Å². The Morgan fingerprint density at radius 2 is 1.95 bits per heavy atom. The molecule has 22 heavy (non-hydrogen) atoms. The van der Waals surface area contributed by atoms with Crippen LogP contribution in [0.25, 0.3) is 6.08 Å². The second-order valence-corrected chi connectivity index (χ2v) is 6.37. The van der Waals surface area contributed by atoms with Gasteiger partial charge in [0.2, 0.25) is 5.91 Å². The first-order valence-electron chi connectivity index (χ1n) is 7.78. The number of carbonyl (C=O) groups excluding carboxylic acids is 1. The van der Waals surface area contributed by atoms with Crippen molar-refractivity contribution in [2.24, 2.45) is 0 Å². The Bertz CT molecular complexity index is 525. The highest BCUT2D eigenvalue weighted by Gasteiger charge is 2.08. The highest BCUT2D eigenvalue weighted by atomic mass is 35.5. The summed E-state index contributed by atoms with van der Waals surface area (Å²) in [4.78, 5) is 14.2. The van der Waals surface area contributed by atoms with Crippen molar-refractivity contribution >= 4 is 35.2 Å². The third kappa shape index (κ3) is 5.99. The summed E-state index contributed by atoms with van der Waals surface area (Å²) >= 11 is 11.8. The molecule has 1 aromatic carbocycles. The molecule has 1 N–H and O–H groups in total. The summed E-state index contributed by atoms with van der Waals surface area (Å²) in [5.41, 5.74) is 0.859. The van der Waals surface area contributed by atoms with Crippen molar-refractivity contribution in [2.75, 3.05) is 26.2 Å². The van der Waals surface area contributed by atoms with Crippen LogP contribution in [0.2, 0.25) is 10.0 Å². The van der Waals surface area contributed by atoms with Crippen LogP contribution in [-0.4, -0.2) is 37.0 Å². The van der Waals surface area contributed by atoms with Gasteiger partial charge in [-0.05, 0) is 62.7 Å². The average molecular weight is 341 g/mol. The summed E-state index contributed by atoms with van der Waals surface area (Å²) in [6.45, 7) is 4.17. The number of carbonyl (C=O) groups is 1. The van der Waals surface area contributed by atoms with E-state index in [4.69, 9.17) is 23.2 Å². The van der Waals surface area contributed by atoms with Crippen LogP contribution < -0.4 is 5.32 Å². The molecule has 0 saturated carbocycles. The Labute approximate surface area is 142 Å². The number of piperidine rings is 1. The number of nitrogens with one attached hydrogen (secondary N) is 1. The fraction of sp³-hybridized carbons (Fsp3) is 0.471. The molecule has 120 valence electrons. The van der Waals surface area contributed by atoms with Crippen LogP contribution in [0, 0.1) is 0 Å². The maximum absolute atomic E-state index is 11.7. The molecule has 0 bridgehead atoms. The van der Waals surface area contributed by atoms with E-state index < -0.39 is 0 Å². The van der Waals surface area contributed by atoms with Crippen molar-refractivity contribution in [2.45, 2.75) is 25.7 Å². The summed E-state index contributed by atoms with van der Waals surface area (Å²) < 4.78 is 0. The normalized spacial score (nSPS) is 16.1. The molecule has 0 atom stereocenters. The Morgan fingerprint density at radius 3 is 2.68 bits per heavy atom. The topological polar surface area (TPSA) is 32.3 Å². The number of likely N-dealkylation sites (tertiary alicyclic amines) is 1. The van der Waals surface area contributed by atoms with Gasteiger partial charge in [0.1, 0.15) is 0 Å². The van der Waals surface area contributed by atoms with E-state index >= 15 is 0 Å². The maximum atomic E-state index is 11.7. The Kier molecular flexibility index (Phi) is 7.23. The molecule has 3 nitrogen and oxygen atoms in total. The zero-order valence-corrected chi connectivity index (χ0v) is 14.2. The van der Waals surface area contributed by atoms with Gasteiger partial charge in [-0.25, -0.2) is 0 Å². The molecule has 0 aliphatic carbocycles. The minimum atomic E-state index is -0.0790. The highest BCUT2D eigenvalue weighted by Crippen LogP contribution is 2.23. The molecule has 1 fully saturated rings. The van der Waals surface area contributed by atoms with Gasteiger partial charge in [0.05, 0.1) is 10.0 Å². The number of amides is 1. The summed E-state index contributed by atoms with van der Waals surface area (Å²) in [6, 6.07) is 5.29. The Balaban J connectivity index is 1.66. The molecule has 1 amide bonds. The Morgan fingerprint density at radius 1 is 1.18 bits per heavy atom. The van der Waals surface area contributed by atoms with Gasteiger partial charge in [0, 0.05) is 12.6 Å². The molecular formula is C17H22Cl2N2O. The van der Waals surface area contributed by atoms with E-state index in [1.165, 1.54) is 38.4 Å². The fourth-order valence-corrected chi connectivity index (χ4v) is 2.85. The number of rotatable bonds is 6. The maximum Gasteiger partial charge on any atom is 0.243 e. The molecular weight excluding hydrogens is 319 g/mol. The smallest absolute Gasteiger partial charge is 0.243 e. The van der Waals surface area contributed by atoms with Crippen molar-refractivity contribution in [1.82, 2.24) is 10.2 Å². The van der Waals surface area contributed by atoms with Crippen molar-refractivity contribution in [3.63, 3.8) is 0 Å². The van der Waals surface area contributed by atoms with E-state index in [2.05, 4.69) is 10.2 Å². The van der Waals surface area contributed by atoms with Gasteiger partial charge in [0.25, 0.3) is 0 Å². The second-order valence-electron chi connectivity index (χ2n) is 5.55. The van der Waals surface area contributed by atoms with Crippen LogP contribution in [0.1, 0.15) is 31.2 Å². The lowest BCUT2D eigenvalue weighted by Gasteiger charge is -2.26. The van der Waals surface area contributed by atoms with Crippen LogP contribution >= 0.6 is 23.2 Å². The summed E-state index contributed by atoms with van der Waals surface area (Å²) in [6.07, 6.45) is 8.22. The minimum absolute atomic E-state index is 0.0790. The lowest BCUT2D eigenvalue weighted by molar-refractivity contribution is -0.116. The van der Waals surface area contributed by atoms with Crippen LogP contribution in [0.3, 0.4) is 0 Å². The third-order valence-electron chi connectivity index (χ3n) is 3.77. The van der Waals surface area contributed by atoms with Gasteiger partial charge in [-0.3, -0.25) is 4.79 Å². The molecule has 5 heteroatoms. The summed E-state index contributed by atoms with van der Waals surface area (Å²) in [5.74, 6) is -0.0790. The SMILES string of the molecule is O=C(C=Cc1ccc(Cl)c(Cl)c1)NCCCN1CCCCC1. The molecule has 1 aliphatic rings. The zero-order chi connectivity index (χ0) is 15.8. The first-order chi connectivity index (χ1) is 10.6. The van der Waals surface area contributed by atoms with Gasteiger partial charge < -0.3 is 10.2 Å². The predicted molar refractivity (Wildman–Crippen MR) is 93.4 cm³/mol. The van der Waals surface area contributed by atoms with E-state index in [0.717, 1.165) is 18.5 Å². The van der Waals surface area contributed by atoms with Crippen molar-refractivity contribution in [3.05, 3.63) is 39.9 Å². The van der Waals surface area contributed by atoms with Crippen LogP contribution in [0.5, 0.6) is 0 Å². The first-order valence-corrected chi connectivity index (χ1v) is 8.54. The van der Waals surface area contributed by atoms with E-state index in [1.54, 1.807) is 18.2 Å². The standard InChI is InChI=1S/C17H22Cl2N2O/c18-15-7-5-14(13-16(15)19)6-8-17(22)20-9-4-12-21-10-2-1-3-11-21/h5-8,13H,1-4,9-12H2,(H,20,22). The lowest BCUT2D eigenvalue weighted by Crippen LogP contribution is -2.33. The third-order valence-corrected chi connectivity index (χ3v) is 4.51. The largest absolute Gasteiger partial charge is 0.353 e. The molecule has 0 spiro atoms. The van der Waals surface area contributed by atoms with Crippen LogP contribution in [0.15, 0.2) is 24.3 Å². The molecule has 1 saturated heterocycles. The number of nitrogens with zero attached hydrogens (tertiary/aromatic N) is 1. The minimum Gasteiger partial charge on any atom is -0.353 e. The van der Waals surface area contributed by atoms with Crippen molar-refractivity contribution in [1.29, 1.82) is 0 Å². The highest BCUT2D eigenvalue weighted by molar-refractivity contribution is 6.42. The fourth-order valence-electron chi connectivity index (χ4n) is 2.54. The lowest BCUT2D eigenvalue weighted by atomic mass is 10.1. The first kappa shape index (κ1) is 17.3. The zero-order valence-electron chi connectivity index (χ0n) is 12.7. The van der Waals surface area contributed by atoms with Gasteiger partial charge in [-0.2, -0.15) is 0 Å². The number of benzene rings is 1. The van der Waals surface area contributed by atoms with Gasteiger partial charge >= 0.3 is 0 Å². The molecule has 0 radical (unpaired) electrons. The quantitative estimate of drug-likeness (QED) is 0.627. The molecule has 2 rings (SSSR count). The van der Waals surface area contributed by atoms with Gasteiger partial charge in [-0.15, -0.1) is 0 Å². The predicted octanol–water partition coefficient (Wildman–Crippen LogP) is 4.00. The van der Waals surface area contributed by atoms with E-state index in [1.807, 2.05) is 6.07 Å². The molecule has 0 unspecified atom stereocenters. The van der Waals surface area contributed by atoms with Gasteiger partial charge in [0.15, 0.2) is 0 Å². The molecule has 1 aromatic rings.